The van der Waals surface area contributed by atoms with E-state index in [0.717, 1.165) is 24.3 Å². The van der Waals surface area contributed by atoms with Crippen LogP contribution in [-0.2, 0) is 19.8 Å². The first-order valence-electron chi connectivity index (χ1n) is 7.17. The third kappa shape index (κ3) is 5.02. The zero-order valence-electron chi connectivity index (χ0n) is 13.1. The van der Waals surface area contributed by atoms with Crippen molar-refractivity contribution in [2.75, 3.05) is 38.9 Å². The zero-order chi connectivity index (χ0) is 15.6. The van der Waals surface area contributed by atoms with Gasteiger partial charge in [-0.05, 0) is 18.5 Å². The van der Waals surface area contributed by atoms with Crippen molar-refractivity contribution < 1.29 is 14.3 Å². The predicted molar refractivity (Wildman–Crippen MR) is 87.6 cm³/mol. The number of hydrogen-bond acceptors (Lipinski definition) is 5. The molecule has 118 valence electrons. The first-order valence-corrected chi connectivity index (χ1v) is 8.32. The Hall–Kier alpha value is -1.04. The highest BCUT2D eigenvalue weighted by molar-refractivity contribution is 7.99. The fourth-order valence-corrected chi connectivity index (χ4v) is 3.21. The van der Waals surface area contributed by atoms with E-state index >= 15 is 0 Å². The van der Waals surface area contributed by atoms with Gasteiger partial charge < -0.3 is 9.47 Å². The van der Waals surface area contributed by atoms with Gasteiger partial charge in [-0.3, -0.25) is 5.32 Å². The second-order valence-corrected chi connectivity index (χ2v) is 5.84. The van der Waals surface area contributed by atoms with Gasteiger partial charge in [0.25, 0.3) is 0 Å². The lowest BCUT2D eigenvalue weighted by molar-refractivity contribution is -0.148. The molecule has 0 radical (unpaired) electrons. The minimum atomic E-state index is -0.801. The molecule has 21 heavy (non-hydrogen) atoms. The molecule has 0 bridgehead atoms. The largest absolute Gasteiger partial charge is 0.467 e. The number of carbonyl (C=O) groups is 1. The maximum Gasteiger partial charge on any atom is 0.331 e. The molecule has 4 nitrogen and oxygen atoms in total. The topological polar surface area (TPSA) is 47.6 Å². The predicted octanol–water partition coefficient (Wildman–Crippen LogP) is 2.43. The van der Waals surface area contributed by atoms with Gasteiger partial charge in [-0.15, -0.1) is 0 Å². The average molecular weight is 311 g/mol. The number of rotatable bonds is 10. The third-order valence-corrected chi connectivity index (χ3v) is 4.32. The molecule has 0 aliphatic carbocycles. The van der Waals surface area contributed by atoms with Crippen molar-refractivity contribution in [3.8, 4) is 0 Å². The van der Waals surface area contributed by atoms with Crippen LogP contribution in [0.4, 0.5) is 0 Å². The van der Waals surface area contributed by atoms with Crippen LogP contribution < -0.4 is 5.32 Å². The van der Waals surface area contributed by atoms with E-state index < -0.39 is 5.54 Å². The second kappa shape index (κ2) is 9.82. The Balaban J connectivity index is 3.00. The molecule has 1 atom stereocenters. The molecule has 5 heteroatoms. The SMILES string of the molecule is CCCNC(CSCCOC)(C(=O)OC)c1ccccc1. The second-order valence-electron chi connectivity index (χ2n) is 4.74. The maximum absolute atomic E-state index is 12.5. The molecule has 1 N–H and O–H groups in total. The number of thioether (sulfide) groups is 1. The van der Waals surface area contributed by atoms with Crippen LogP contribution in [0.15, 0.2) is 30.3 Å². The van der Waals surface area contributed by atoms with Gasteiger partial charge in [0.05, 0.1) is 13.7 Å². The highest BCUT2D eigenvalue weighted by Gasteiger charge is 2.40. The Morgan fingerprint density at radius 3 is 2.57 bits per heavy atom. The van der Waals surface area contributed by atoms with Crippen LogP contribution in [0.2, 0.25) is 0 Å². The molecule has 1 unspecified atom stereocenters. The Kier molecular flexibility index (Phi) is 8.42. The van der Waals surface area contributed by atoms with E-state index in [1.165, 1.54) is 7.11 Å². The van der Waals surface area contributed by atoms with Gasteiger partial charge in [-0.2, -0.15) is 11.8 Å². The van der Waals surface area contributed by atoms with Gasteiger partial charge in [0.2, 0.25) is 0 Å². The van der Waals surface area contributed by atoms with Crippen LogP contribution in [0.25, 0.3) is 0 Å². The Morgan fingerprint density at radius 1 is 1.29 bits per heavy atom. The van der Waals surface area contributed by atoms with Crippen LogP contribution in [-0.4, -0.2) is 44.8 Å². The fraction of sp³-hybridized carbons (Fsp3) is 0.562. The standard InChI is InChI=1S/C16H25NO3S/c1-4-10-17-16(15(18)20-3,13-21-12-11-19-2)14-8-6-5-7-9-14/h5-9,17H,4,10-13H2,1-3H3. The number of nitrogens with one attached hydrogen (secondary N) is 1. The molecule has 0 aliphatic rings. The highest BCUT2D eigenvalue weighted by atomic mass is 32.2. The van der Waals surface area contributed by atoms with E-state index in [-0.39, 0.29) is 5.97 Å². The maximum atomic E-state index is 12.5. The van der Waals surface area contributed by atoms with Gasteiger partial charge >= 0.3 is 5.97 Å². The van der Waals surface area contributed by atoms with E-state index in [0.29, 0.717) is 12.4 Å². The lowest BCUT2D eigenvalue weighted by atomic mass is 9.91. The van der Waals surface area contributed by atoms with Gasteiger partial charge in [0.1, 0.15) is 0 Å². The molecule has 0 aromatic heterocycles. The molecule has 0 saturated heterocycles. The lowest BCUT2D eigenvalue weighted by Crippen LogP contribution is -2.52. The Bertz CT molecular complexity index is 413. The van der Waals surface area contributed by atoms with Crippen molar-refractivity contribution in [2.24, 2.45) is 0 Å². The molecule has 0 saturated carbocycles. The summed E-state index contributed by atoms with van der Waals surface area (Å²) in [5.74, 6) is 1.22. The molecule has 0 heterocycles. The van der Waals surface area contributed by atoms with Gasteiger partial charge in [0.15, 0.2) is 5.54 Å². The summed E-state index contributed by atoms with van der Waals surface area (Å²) in [6.45, 7) is 3.51. The number of methoxy groups -OCH3 is 2. The first kappa shape index (κ1) is 18.0. The molecule has 1 aromatic carbocycles. The summed E-state index contributed by atoms with van der Waals surface area (Å²) < 4.78 is 10.2. The smallest absolute Gasteiger partial charge is 0.331 e. The van der Waals surface area contributed by atoms with Crippen molar-refractivity contribution in [3.05, 3.63) is 35.9 Å². The van der Waals surface area contributed by atoms with Crippen molar-refractivity contribution >= 4 is 17.7 Å². The molecule has 0 fully saturated rings. The third-order valence-electron chi connectivity index (χ3n) is 3.23. The van der Waals surface area contributed by atoms with Gasteiger partial charge in [-0.25, -0.2) is 4.79 Å². The molecule has 0 amide bonds. The molecule has 0 aliphatic heterocycles. The van der Waals surface area contributed by atoms with Crippen molar-refractivity contribution in [2.45, 2.75) is 18.9 Å². The number of esters is 1. The lowest BCUT2D eigenvalue weighted by Gasteiger charge is -2.32. The Labute approximate surface area is 131 Å². The molecule has 1 aromatic rings. The van der Waals surface area contributed by atoms with Gasteiger partial charge in [-0.1, -0.05) is 37.3 Å². The van der Waals surface area contributed by atoms with Crippen molar-refractivity contribution in [1.29, 1.82) is 0 Å². The van der Waals surface area contributed by atoms with E-state index in [1.54, 1.807) is 18.9 Å². The molecule has 1 rings (SSSR count). The highest BCUT2D eigenvalue weighted by Crippen LogP contribution is 2.27. The Morgan fingerprint density at radius 2 is 2.00 bits per heavy atom. The van der Waals surface area contributed by atoms with Crippen LogP contribution in [0, 0.1) is 0 Å². The van der Waals surface area contributed by atoms with Crippen LogP contribution >= 0.6 is 11.8 Å². The van der Waals surface area contributed by atoms with Crippen molar-refractivity contribution in [3.63, 3.8) is 0 Å². The summed E-state index contributed by atoms with van der Waals surface area (Å²) in [6.07, 6.45) is 0.953. The van der Waals surface area contributed by atoms with E-state index in [2.05, 4.69) is 12.2 Å². The summed E-state index contributed by atoms with van der Waals surface area (Å²) in [5.41, 5.74) is 0.139. The minimum absolute atomic E-state index is 0.243. The van der Waals surface area contributed by atoms with Gasteiger partial charge in [0, 0.05) is 18.6 Å². The van der Waals surface area contributed by atoms with Crippen LogP contribution in [0.1, 0.15) is 18.9 Å². The van der Waals surface area contributed by atoms with Crippen LogP contribution in [0.3, 0.4) is 0 Å². The number of benzene rings is 1. The number of carbonyl (C=O) groups excluding carboxylic acids is 1. The quantitative estimate of drug-likeness (QED) is 0.531. The molecular formula is C16H25NO3S. The fourth-order valence-electron chi connectivity index (χ4n) is 2.09. The van der Waals surface area contributed by atoms with Crippen molar-refractivity contribution in [1.82, 2.24) is 5.32 Å². The summed E-state index contributed by atoms with van der Waals surface area (Å²) in [6, 6.07) is 9.78. The molecule has 0 spiro atoms. The first-order chi connectivity index (χ1) is 10.2. The minimum Gasteiger partial charge on any atom is -0.467 e. The monoisotopic (exact) mass is 311 g/mol. The van der Waals surface area contributed by atoms with Crippen LogP contribution in [0.5, 0.6) is 0 Å². The zero-order valence-corrected chi connectivity index (χ0v) is 13.9. The van der Waals surface area contributed by atoms with E-state index in [9.17, 15) is 4.79 Å². The normalized spacial score (nSPS) is 13.7. The average Bonchev–Trinajstić information content (AvgIpc) is 2.54. The van der Waals surface area contributed by atoms with E-state index in [4.69, 9.17) is 9.47 Å². The summed E-state index contributed by atoms with van der Waals surface area (Å²) in [4.78, 5) is 12.5. The molecular weight excluding hydrogens is 286 g/mol. The number of ether oxygens (including phenoxy) is 2. The summed E-state index contributed by atoms with van der Waals surface area (Å²) >= 11 is 1.69. The summed E-state index contributed by atoms with van der Waals surface area (Å²) in [7, 11) is 3.12. The number of hydrogen-bond donors (Lipinski definition) is 1. The van der Waals surface area contributed by atoms with E-state index in [1.807, 2.05) is 30.3 Å². The summed E-state index contributed by atoms with van der Waals surface area (Å²) in [5, 5.41) is 3.39.